The van der Waals surface area contributed by atoms with E-state index in [9.17, 15) is 9.90 Å². The Labute approximate surface area is 103 Å². The van der Waals surface area contributed by atoms with E-state index in [1.165, 1.54) is 0 Å². The van der Waals surface area contributed by atoms with E-state index in [4.69, 9.17) is 0 Å². The third-order valence-electron chi connectivity index (χ3n) is 3.25. The summed E-state index contributed by atoms with van der Waals surface area (Å²) in [4.78, 5) is 11.6. The summed E-state index contributed by atoms with van der Waals surface area (Å²) >= 11 is 0. The van der Waals surface area contributed by atoms with Crippen LogP contribution in [0.15, 0.2) is 30.3 Å². The summed E-state index contributed by atoms with van der Waals surface area (Å²) in [7, 11) is 0. The fourth-order valence-corrected chi connectivity index (χ4v) is 1.79. The molecule has 2 N–H and O–H groups in total. The number of aliphatic carboxylic acids is 1. The summed E-state index contributed by atoms with van der Waals surface area (Å²) in [5, 5.41) is 12.7. The minimum Gasteiger partial charge on any atom is -0.480 e. The van der Waals surface area contributed by atoms with Gasteiger partial charge in [0.15, 0.2) is 0 Å². The average molecular weight is 235 g/mol. The number of carboxylic acid groups (broad SMARTS) is 1. The molecule has 1 aromatic rings. The van der Waals surface area contributed by atoms with Gasteiger partial charge in [-0.1, -0.05) is 37.3 Å². The van der Waals surface area contributed by atoms with Gasteiger partial charge >= 0.3 is 5.97 Å². The minimum absolute atomic E-state index is 0.219. The number of hydrogen-bond donors (Lipinski definition) is 2. The van der Waals surface area contributed by atoms with E-state index in [2.05, 4.69) is 5.32 Å². The number of rotatable bonds is 5. The maximum absolute atomic E-state index is 11.6. The first-order valence-corrected chi connectivity index (χ1v) is 5.90. The Hall–Kier alpha value is -1.35. The molecule has 0 spiro atoms. The predicted octanol–water partition coefficient (Wildman–Crippen LogP) is 2.76. The molecule has 0 saturated heterocycles. The molecule has 1 aromatic carbocycles. The van der Waals surface area contributed by atoms with Crippen molar-refractivity contribution in [2.24, 2.45) is 0 Å². The van der Waals surface area contributed by atoms with Gasteiger partial charge in [-0.05, 0) is 32.8 Å². The molecule has 0 radical (unpaired) electrons. The molecule has 94 valence electrons. The molecule has 0 aliphatic carbocycles. The van der Waals surface area contributed by atoms with Crippen LogP contribution in [0, 0.1) is 0 Å². The first kappa shape index (κ1) is 13.7. The number of benzene rings is 1. The molecule has 0 amide bonds. The van der Waals surface area contributed by atoms with Crippen molar-refractivity contribution in [2.75, 3.05) is 0 Å². The summed E-state index contributed by atoms with van der Waals surface area (Å²) in [5.41, 5.74) is -0.502. The van der Waals surface area contributed by atoms with Gasteiger partial charge < -0.3 is 5.11 Å². The van der Waals surface area contributed by atoms with Crippen molar-refractivity contribution in [3.05, 3.63) is 35.9 Å². The summed E-state index contributed by atoms with van der Waals surface area (Å²) < 4.78 is 0. The highest BCUT2D eigenvalue weighted by atomic mass is 16.4. The second-order valence-corrected chi connectivity index (χ2v) is 5.16. The van der Waals surface area contributed by atoms with E-state index in [0.717, 1.165) is 12.0 Å². The second-order valence-electron chi connectivity index (χ2n) is 5.16. The van der Waals surface area contributed by atoms with Gasteiger partial charge in [-0.2, -0.15) is 0 Å². The van der Waals surface area contributed by atoms with Gasteiger partial charge in [-0.25, -0.2) is 4.79 Å². The fourth-order valence-electron chi connectivity index (χ4n) is 1.79. The molecule has 0 aromatic heterocycles. The molecule has 1 rings (SSSR count). The topological polar surface area (TPSA) is 49.3 Å². The van der Waals surface area contributed by atoms with Crippen LogP contribution in [0.3, 0.4) is 0 Å². The zero-order valence-electron chi connectivity index (χ0n) is 10.9. The molecule has 0 aliphatic heterocycles. The highest BCUT2D eigenvalue weighted by Gasteiger charge is 2.38. The molecule has 0 fully saturated rings. The Morgan fingerprint density at radius 3 is 2.18 bits per heavy atom. The molecule has 1 atom stereocenters. The number of carboxylic acids is 1. The first-order valence-electron chi connectivity index (χ1n) is 5.90. The van der Waals surface area contributed by atoms with Crippen LogP contribution in [0.25, 0.3) is 0 Å². The van der Waals surface area contributed by atoms with Crippen molar-refractivity contribution >= 4 is 5.97 Å². The molecule has 0 aliphatic rings. The van der Waals surface area contributed by atoms with E-state index in [0.29, 0.717) is 0 Å². The van der Waals surface area contributed by atoms with Gasteiger partial charge in [0.25, 0.3) is 0 Å². The normalized spacial score (nSPS) is 15.3. The predicted molar refractivity (Wildman–Crippen MR) is 68.9 cm³/mol. The van der Waals surface area contributed by atoms with Crippen LogP contribution in [0.1, 0.15) is 39.7 Å². The van der Waals surface area contributed by atoms with Gasteiger partial charge in [0, 0.05) is 5.54 Å². The van der Waals surface area contributed by atoms with Crippen molar-refractivity contribution in [2.45, 2.75) is 45.2 Å². The lowest BCUT2D eigenvalue weighted by atomic mass is 9.87. The first-order chi connectivity index (χ1) is 7.82. The smallest absolute Gasteiger partial charge is 0.328 e. The largest absolute Gasteiger partial charge is 0.480 e. The second kappa shape index (κ2) is 4.88. The van der Waals surface area contributed by atoms with Crippen LogP contribution in [0.4, 0.5) is 0 Å². The molecule has 17 heavy (non-hydrogen) atoms. The van der Waals surface area contributed by atoms with E-state index in [1.54, 1.807) is 6.92 Å². The minimum atomic E-state index is -1.05. The van der Waals surface area contributed by atoms with E-state index < -0.39 is 11.5 Å². The zero-order chi connectivity index (χ0) is 13.1. The molecule has 0 saturated carbocycles. The fraction of sp³-hybridized carbons (Fsp3) is 0.500. The van der Waals surface area contributed by atoms with Gasteiger partial charge in [0.05, 0.1) is 0 Å². The van der Waals surface area contributed by atoms with E-state index in [-0.39, 0.29) is 5.54 Å². The number of carbonyl (C=O) groups is 1. The summed E-state index contributed by atoms with van der Waals surface area (Å²) in [6.45, 7) is 7.77. The number of nitrogens with one attached hydrogen (secondary N) is 1. The highest BCUT2D eigenvalue weighted by molar-refractivity contribution is 5.80. The Bertz CT molecular complexity index is 386. The third-order valence-corrected chi connectivity index (χ3v) is 3.25. The highest BCUT2D eigenvalue weighted by Crippen LogP contribution is 2.25. The van der Waals surface area contributed by atoms with Crippen LogP contribution in [-0.4, -0.2) is 16.6 Å². The lowest BCUT2D eigenvalue weighted by Gasteiger charge is -2.36. The average Bonchev–Trinajstić information content (AvgIpc) is 2.29. The Morgan fingerprint density at radius 1 is 1.24 bits per heavy atom. The van der Waals surface area contributed by atoms with Crippen LogP contribution >= 0.6 is 0 Å². The van der Waals surface area contributed by atoms with Gasteiger partial charge in [-0.15, -0.1) is 0 Å². The lowest BCUT2D eigenvalue weighted by Crippen LogP contribution is -2.55. The zero-order valence-corrected chi connectivity index (χ0v) is 10.9. The standard InChI is InChI=1S/C14H21NO2/c1-5-13(2,3)15-14(4,12(16)17)11-9-7-6-8-10-11/h6-10,15H,5H2,1-4H3,(H,16,17). The quantitative estimate of drug-likeness (QED) is 0.825. The maximum Gasteiger partial charge on any atom is 0.328 e. The summed E-state index contributed by atoms with van der Waals surface area (Å²) in [6.07, 6.45) is 0.864. The van der Waals surface area contributed by atoms with E-state index in [1.807, 2.05) is 51.1 Å². The van der Waals surface area contributed by atoms with Crippen molar-refractivity contribution in [3.8, 4) is 0 Å². The number of hydrogen-bond acceptors (Lipinski definition) is 2. The van der Waals surface area contributed by atoms with Crippen LogP contribution in [0.2, 0.25) is 0 Å². The Balaban J connectivity index is 3.12. The molecule has 3 heteroatoms. The van der Waals surface area contributed by atoms with Gasteiger partial charge in [0.1, 0.15) is 5.54 Å². The molecule has 3 nitrogen and oxygen atoms in total. The molecular formula is C14H21NO2. The van der Waals surface area contributed by atoms with Gasteiger partial charge in [0.2, 0.25) is 0 Å². The van der Waals surface area contributed by atoms with Crippen molar-refractivity contribution in [1.29, 1.82) is 0 Å². The monoisotopic (exact) mass is 235 g/mol. The molecular weight excluding hydrogens is 214 g/mol. The maximum atomic E-state index is 11.6. The van der Waals surface area contributed by atoms with Crippen molar-refractivity contribution in [1.82, 2.24) is 5.32 Å². The molecule has 0 heterocycles. The Morgan fingerprint density at radius 2 is 1.76 bits per heavy atom. The third kappa shape index (κ3) is 3.07. The van der Waals surface area contributed by atoms with Gasteiger partial charge in [-0.3, -0.25) is 5.32 Å². The lowest BCUT2D eigenvalue weighted by molar-refractivity contribution is -0.145. The van der Waals surface area contributed by atoms with Crippen LogP contribution in [0.5, 0.6) is 0 Å². The summed E-state index contributed by atoms with van der Waals surface area (Å²) in [6, 6.07) is 9.28. The Kier molecular flexibility index (Phi) is 3.94. The van der Waals surface area contributed by atoms with Crippen LogP contribution < -0.4 is 5.32 Å². The van der Waals surface area contributed by atoms with E-state index >= 15 is 0 Å². The SMILES string of the molecule is CCC(C)(C)NC(C)(C(=O)O)c1ccccc1. The molecule has 0 bridgehead atoms. The van der Waals surface area contributed by atoms with Crippen molar-refractivity contribution in [3.63, 3.8) is 0 Å². The van der Waals surface area contributed by atoms with Crippen molar-refractivity contribution < 1.29 is 9.90 Å². The van der Waals surface area contributed by atoms with Crippen LogP contribution in [-0.2, 0) is 10.3 Å². The molecule has 1 unspecified atom stereocenters. The summed E-state index contributed by atoms with van der Waals surface area (Å²) in [5.74, 6) is -0.856.